The lowest BCUT2D eigenvalue weighted by atomic mass is 9.93. The molecular weight excluding hydrogens is 212 g/mol. The first-order valence-corrected chi connectivity index (χ1v) is 7.25. The highest BCUT2D eigenvalue weighted by atomic mass is 16.5. The van der Waals surface area contributed by atoms with Crippen LogP contribution in [0.3, 0.4) is 0 Å². The Kier molecular flexibility index (Phi) is 10.3. The Morgan fingerprint density at radius 3 is 2.00 bits per heavy atom. The molecule has 0 aliphatic rings. The van der Waals surface area contributed by atoms with Gasteiger partial charge in [-0.3, -0.25) is 4.79 Å². The third-order valence-corrected chi connectivity index (χ3v) is 2.96. The first kappa shape index (κ1) is 16.5. The molecule has 0 saturated carbocycles. The predicted octanol–water partition coefficient (Wildman–Crippen LogP) is 4.57. The molecule has 0 atom stereocenters. The molecule has 0 saturated heterocycles. The molecular formula is C15H30O2. The van der Waals surface area contributed by atoms with Crippen LogP contribution in [0.2, 0.25) is 0 Å². The third-order valence-electron chi connectivity index (χ3n) is 2.96. The summed E-state index contributed by atoms with van der Waals surface area (Å²) < 4.78 is 5.25. The van der Waals surface area contributed by atoms with Gasteiger partial charge in [-0.05, 0) is 24.7 Å². The van der Waals surface area contributed by atoms with Crippen molar-refractivity contribution in [3.8, 4) is 0 Å². The molecule has 0 rings (SSSR count). The summed E-state index contributed by atoms with van der Waals surface area (Å²) >= 11 is 0. The van der Waals surface area contributed by atoms with Crippen molar-refractivity contribution in [2.24, 2.45) is 11.8 Å². The molecule has 2 heteroatoms. The van der Waals surface area contributed by atoms with E-state index in [1.807, 2.05) is 0 Å². The van der Waals surface area contributed by atoms with Gasteiger partial charge in [-0.1, -0.05) is 53.4 Å². The highest BCUT2D eigenvalue weighted by Gasteiger charge is 2.14. The molecule has 0 unspecified atom stereocenters. The van der Waals surface area contributed by atoms with Gasteiger partial charge in [0.25, 0.3) is 0 Å². The van der Waals surface area contributed by atoms with Crippen LogP contribution >= 0.6 is 0 Å². The van der Waals surface area contributed by atoms with Crippen LogP contribution in [0, 0.1) is 11.8 Å². The van der Waals surface area contributed by atoms with Crippen molar-refractivity contribution in [3.05, 3.63) is 0 Å². The fourth-order valence-electron chi connectivity index (χ4n) is 1.89. The van der Waals surface area contributed by atoms with E-state index in [0.29, 0.717) is 24.9 Å². The maximum atomic E-state index is 11.7. The topological polar surface area (TPSA) is 26.3 Å². The fourth-order valence-corrected chi connectivity index (χ4v) is 1.89. The zero-order valence-electron chi connectivity index (χ0n) is 12.1. The molecule has 0 aliphatic carbocycles. The summed E-state index contributed by atoms with van der Waals surface area (Å²) in [6.07, 6.45) is 7.85. The molecule has 0 amide bonds. The van der Waals surface area contributed by atoms with Crippen LogP contribution in [-0.2, 0) is 9.53 Å². The number of ether oxygens (including phenoxy) is 1. The smallest absolute Gasteiger partial charge is 0.306 e. The maximum absolute atomic E-state index is 11.7. The van der Waals surface area contributed by atoms with Crippen molar-refractivity contribution in [2.75, 3.05) is 6.61 Å². The minimum atomic E-state index is -0.00379. The SMILES string of the molecule is CCCCC(CCCC)CC(=O)OCC(C)C. The Labute approximate surface area is 107 Å². The Hall–Kier alpha value is -0.530. The van der Waals surface area contributed by atoms with E-state index in [2.05, 4.69) is 27.7 Å². The summed E-state index contributed by atoms with van der Waals surface area (Å²) in [5, 5.41) is 0. The molecule has 0 aliphatic heterocycles. The molecule has 0 aromatic rings. The van der Waals surface area contributed by atoms with Gasteiger partial charge in [0, 0.05) is 6.42 Å². The summed E-state index contributed by atoms with van der Waals surface area (Å²) in [7, 11) is 0. The molecule has 0 radical (unpaired) electrons. The van der Waals surface area contributed by atoms with Gasteiger partial charge in [0.15, 0.2) is 0 Å². The fraction of sp³-hybridized carbons (Fsp3) is 0.933. The normalized spacial score (nSPS) is 11.2. The predicted molar refractivity (Wildman–Crippen MR) is 73.0 cm³/mol. The van der Waals surface area contributed by atoms with Gasteiger partial charge in [-0.25, -0.2) is 0 Å². The largest absolute Gasteiger partial charge is 0.465 e. The van der Waals surface area contributed by atoms with E-state index < -0.39 is 0 Å². The third kappa shape index (κ3) is 10.3. The molecule has 0 N–H and O–H groups in total. The Morgan fingerprint density at radius 1 is 1.06 bits per heavy atom. The summed E-state index contributed by atoms with van der Waals surface area (Å²) in [6, 6.07) is 0. The van der Waals surface area contributed by atoms with Crippen LogP contribution in [0.5, 0.6) is 0 Å². The number of hydrogen-bond acceptors (Lipinski definition) is 2. The van der Waals surface area contributed by atoms with Crippen LogP contribution in [-0.4, -0.2) is 12.6 Å². The number of carbonyl (C=O) groups excluding carboxylic acids is 1. The maximum Gasteiger partial charge on any atom is 0.306 e. The summed E-state index contributed by atoms with van der Waals surface area (Å²) in [6.45, 7) is 9.10. The lowest BCUT2D eigenvalue weighted by molar-refractivity contribution is -0.146. The Morgan fingerprint density at radius 2 is 1.59 bits per heavy atom. The first-order valence-electron chi connectivity index (χ1n) is 7.25. The van der Waals surface area contributed by atoms with E-state index in [0.717, 1.165) is 0 Å². The van der Waals surface area contributed by atoms with E-state index in [-0.39, 0.29) is 5.97 Å². The van der Waals surface area contributed by atoms with Gasteiger partial charge in [0.2, 0.25) is 0 Å². The Bertz CT molecular complexity index is 179. The molecule has 102 valence electrons. The molecule has 2 nitrogen and oxygen atoms in total. The quantitative estimate of drug-likeness (QED) is 0.524. The van der Waals surface area contributed by atoms with Gasteiger partial charge in [0.05, 0.1) is 6.61 Å². The summed E-state index contributed by atoms with van der Waals surface area (Å²) in [5.41, 5.74) is 0. The van der Waals surface area contributed by atoms with E-state index in [4.69, 9.17) is 4.74 Å². The standard InChI is InChI=1S/C15H30O2/c1-5-7-9-14(10-8-6-2)11-15(16)17-12-13(3)4/h13-14H,5-12H2,1-4H3. The minimum absolute atomic E-state index is 0.00379. The number of esters is 1. The van der Waals surface area contributed by atoms with Gasteiger partial charge in [-0.15, -0.1) is 0 Å². The highest BCUT2D eigenvalue weighted by Crippen LogP contribution is 2.20. The van der Waals surface area contributed by atoms with E-state index in [1.165, 1.54) is 38.5 Å². The second-order valence-electron chi connectivity index (χ2n) is 5.43. The molecule has 0 aromatic heterocycles. The molecule has 17 heavy (non-hydrogen) atoms. The first-order chi connectivity index (χ1) is 8.10. The molecule has 0 spiro atoms. The summed E-state index contributed by atoms with van der Waals surface area (Å²) in [4.78, 5) is 11.7. The minimum Gasteiger partial charge on any atom is -0.465 e. The van der Waals surface area contributed by atoms with Crippen molar-refractivity contribution in [1.82, 2.24) is 0 Å². The van der Waals surface area contributed by atoms with Crippen molar-refractivity contribution < 1.29 is 9.53 Å². The lowest BCUT2D eigenvalue weighted by Crippen LogP contribution is -2.14. The average molecular weight is 242 g/mol. The van der Waals surface area contributed by atoms with E-state index in [9.17, 15) is 4.79 Å². The van der Waals surface area contributed by atoms with Crippen LogP contribution in [0.15, 0.2) is 0 Å². The van der Waals surface area contributed by atoms with Gasteiger partial charge in [-0.2, -0.15) is 0 Å². The highest BCUT2D eigenvalue weighted by molar-refractivity contribution is 5.69. The van der Waals surface area contributed by atoms with Gasteiger partial charge < -0.3 is 4.74 Å². The van der Waals surface area contributed by atoms with Crippen molar-refractivity contribution in [1.29, 1.82) is 0 Å². The van der Waals surface area contributed by atoms with Crippen LogP contribution in [0.1, 0.15) is 72.6 Å². The van der Waals surface area contributed by atoms with Gasteiger partial charge in [0.1, 0.15) is 0 Å². The van der Waals surface area contributed by atoms with Crippen molar-refractivity contribution >= 4 is 5.97 Å². The number of unbranched alkanes of at least 4 members (excludes halogenated alkanes) is 2. The zero-order chi connectivity index (χ0) is 13.1. The van der Waals surface area contributed by atoms with Crippen LogP contribution in [0.25, 0.3) is 0 Å². The molecule has 0 heterocycles. The molecule has 0 aromatic carbocycles. The van der Waals surface area contributed by atoms with Crippen molar-refractivity contribution in [2.45, 2.75) is 72.6 Å². The summed E-state index contributed by atoms with van der Waals surface area (Å²) in [5.74, 6) is 0.967. The van der Waals surface area contributed by atoms with E-state index in [1.54, 1.807) is 0 Å². The average Bonchev–Trinajstić information content (AvgIpc) is 2.30. The monoisotopic (exact) mass is 242 g/mol. The lowest BCUT2D eigenvalue weighted by Gasteiger charge is -2.16. The van der Waals surface area contributed by atoms with Gasteiger partial charge >= 0.3 is 5.97 Å². The zero-order valence-corrected chi connectivity index (χ0v) is 12.1. The molecule has 0 fully saturated rings. The van der Waals surface area contributed by atoms with E-state index >= 15 is 0 Å². The number of carbonyl (C=O) groups is 1. The number of hydrogen-bond donors (Lipinski definition) is 0. The molecule has 0 bridgehead atoms. The number of rotatable bonds is 10. The van der Waals surface area contributed by atoms with Crippen LogP contribution < -0.4 is 0 Å². The second-order valence-corrected chi connectivity index (χ2v) is 5.43. The van der Waals surface area contributed by atoms with Crippen LogP contribution in [0.4, 0.5) is 0 Å². The second kappa shape index (κ2) is 10.6. The van der Waals surface area contributed by atoms with Crippen molar-refractivity contribution in [3.63, 3.8) is 0 Å². The Balaban J connectivity index is 3.89.